The van der Waals surface area contributed by atoms with Gasteiger partial charge in [0, 0.05) is 13.1 Å². The highest BCUT2D eigenvalue weighted by atomic mass is 16.4. The van der Waals surface area contributed by atoms with Crippen LogP contribution in [0.25, 0.3) is 0 Å². The lowest BCUT2D eigenvalue weighted by molar-refractivity contribution is -0.155. The van der Waals surface area contributed by atoms with Gasteiger partial charge in [-0.15, -0.1) is 0 Å². The Labute approximate surface area is 120 Å². The lowest BCUT2D eigenvalue weighted by atomic mass is 9.75. The van der Waals surface area contributed by atoms with Crippen molar-refractivity contribution >= 4 is 11.9 Å². The molecule has 2 fully saturated rings. The maximum atomic E-state index is 12.4. The predicted octanol–water partition coefficient (Wildman–Crippen LogP) is 1.62. The van der Waals surface area contributed by atoms with Crippen molar-refractivity contribution in [3.8, 4) is 0 Å². The zero-order chi connectivity index (χ0) is 14.6. The highest BCUT2D eigenvalue weighted by Gasteiger charge is 2.42. The highest BCUT2D eigenvalue weighted by Crippen LogP contribution is 2.36. The number of carbonyl (C=O) groups excluding carboxylic acids is 1. The van der Waals surface area contributed by atoms with Crippen LogP contribution in [0.15, 0.2) is 0 Å². The van der Waals surface area contributed by atoms with Crippen LogP contribution in [-0.2, 0) is 9.59 Å². The number of rotatable bonds is 4. The number of hydrogen-bond acceptors (Lipinski definition) is 3. The number of aliphatic carboxylic acids is 1. The summed E-state index contributed by atoms with van der Waals surface area (Å²) in [6.07, 6.45) is 5.93. The van der Waals surface area contributed by atoms with E-state index in [4.69, 9.17) is 0 Å². The van der Waals surface area contributed by atoms with Crippen LogP contribution in [0.1, 0.15) is 51.9 Å². The van der Waals surface area contributed by atoms with Crippen molar-refractivity contribution in [3.05, 3.63) is 0 Å². The molecule has 5 nitrogen and oxygen atoms in total. The molecule has 0 aromatic heterocycles. The molecule has 2 aliphatic heterocycles. The van der Waals surface area contributed by atoms with Gasteiger partial charge in [-0.05, 0) is 38.6 Å². The van der Waals surface area contributed by atoms with Crippen molar-refractivity contribution in [1.29, 1.82) is 0 Å². The molecule has 114 valence electrons. The molecule has 2 N–H and O–H groups in total. The van der Waals surface area contributed by atoms with Crippen molar-refractivity contribution in [1.82, 2.24) is 10.2 Å². The fourth-order valence-corrected chi connectivity index (χ4v) is 3.49. The van der Waals surface area contributed by atoms with Crippen LogP contribution >= 0.6 is 0 Å². The molecule has 2 saturated heterocycles. The highest BCUT2D eigenvalue weighted by molar-refractivity contribution is 5.82. The van der Waals surface area contributed by atoms with Gasteiger partial charge in [-0.1, -0.05) is 19.8 Å². The van der Waals surface area contributed by atoms with Gasteiger partial charge in [0.2, 0.25) is 5.91 Å². The second kappa shape index (κ2) is 6.57. The molecule has 1 amide bonds. The van der Waals surface area contributed by atoms with E-state index in [1.54, 1.807) is 0 Å². The second-order valence-electron chi connectivity index (χ2n) is 6.16. The molecule has 2 rings (SSSR count). The van der Waals surface area contributed by atoms with Gasteiger partial charge >= 0.3 is 5.97 Å². The number of carbonyl (C=O) groups is 2. The van der Waals surface area contributed by atoms with E-state index in [0.717, 1.165) is 32.2 Å². The summed E-state index contributed by atoms with van der Waals surface area (Å²) in [5.74, 6) is -0.526. The van der Waals surface area contributed by atoms with Crippen LogP contribution in [0.3, 0.4) is 0 Å². The number of nitrogens with one attached hydrogen (secondary N) is 1. The summed E-state index contributed by atoms with van der Waals surface area (Å²) in [5.41, 5.74) is -0.606. The van der Waals surface area contributed by atoms with Gasteiger partial charge in [-0.3, -0.25) is 9.59 Å². The summed E-state index contributed by atoms with van der Waals surface area (Å²) in [7, 11) is 0. The predicted molar refractivity (Wildman–Crippen MR) is 76.4 cm³/mol. The molecule has 2 heterocycles. The van der Waals surface area contributed by atoms with E-state index in [2.05, 4.69) is 5.32 Å². The molecule has 1 atom stereocenters. The first kappa shape index (κ1) is 15.3. The summed E-state index contributed by atoms with van der Waals surface area (Å²) in [6, 6.07) is -0.0488. The minimum Gasteiger partial charge on any atom is -0.481 e. The Morgan fingerprint density at radius 1 is 1.30 bits per heavy atom. The van der Waals surface area contributed by atoms with Crippen LogP contribution in [-0.4, -0.2) is 47.6 Å². The molecule has 0 bridgehead atoms. The summed E-state index contributed by atoms with van der Waals surface area (Å²) in [5, 5.41) is 12.8. The molecule has 0 aliphatic carbocycles. The molecule has 0 aromatic rings. The van der Waals surface area contributed by atoms with E-state index in [0.29, 0.717) is 32.4 Å². The first-order valence-corrected chi connectivity index (χ1v) is 7.84. The Balaban J connectivity index is 1.92. The number of amides is 1. The minimum atomic E-state index is -0.692. The van der Waals surface area contributed by atoms with Crippen LogP contribution in [0.4, 0.5) is 0 Å². The number of carboxylic acids is 1. The number of likely N-dealkylation sites (tertiary alicyclic amines) is 1. The van der Waals surface area contributed by atoms with E-state index in [-0.39, 0.29) is 11.9 Å². The van der Waals surface area contributed by atoms with Gasteiger partial charge in [0.05, 0.1) is 11.5 Å². The molecular formula is C15H26N2O3. The van der Waals surface area contributed by atoms with Crippen LogP contribution in [0, 0.1) is 5.41 Å². The van der Waals surface area contributed by atoms with E-state index in [1.807, 2.05) is 11.8 Å². The van der Waals surface area contributed by atoms with Gasteiger partial charge in [0.25, 0.3) is 0 Å². The number of nitrogens with zero attached hydrogens (tertiary/aromatic N) is 1. The van der Waals surface area contributed by atoms with E-state index < -0.39 is 11.4 Å². The molecule has 20 heavy (non-hydrogen) atoms. The van der Waals surface area contributed by atoms with E-state index >= 15 is 0 Å². The summed E-state index contributed by atoms with van der Waals surface area (Å²) < 4.78 is 0. The van der Waals surface area contributed by atoms with Crippen molar-refractivity contribution in [2.75, 3.05) is 19.6 Å². The zero-order valence-electron chi connectivity index (χ0n) is 12.4. The fourth-order valence-electron chi connectivity index (χ4n) is 3.49. The maximum absolute atomic E-state index is 12.4. The second-order valence-corrected chi connectivity index (χ2v) is 6.16. The number of hydrogen-bond donors (Lipinski definition) is 2. The average molecular weight is 282 g/mol. The van der Waals surface area contributed by atoms with Crippen LogP contribution in [0.2, 0.25) is 0 Å². The Morgan fingerprint density at radius 2 is 2.00 bits per heavy atom. The standard InChI is InChI=1S/C15H26N2O3/c1-2-6-15(14(19)20)7-10-17(11-8-15)13(18)12-5-3-4-9-16-12/h12,16H,2-11H2,1H3,(H,19,20). The molecule has 1 unspecified atom stereocenters. The van der Waals surface area contributed by atoms with Gasteiger partial charge in [-0.2, -0.15) is 0 Å². The molecule has 0 saturated carbocycles. The smallest absolute Gasteiger partial charge is 0.309 e. The third kappa shape index (κ3) is 3.14. The quantitative estimate of drug-likeness (QED) is 0.822. The topological polar surface area (TPSA) is 69.6 Å². The van der Waals surface area contributed by atoms with Crippen molar-refractivity contribution in [2.45, 2.75) is 57.9 Å². The summed E-state index contributed by atoms with van der Waals surface area (Å²) in [4.78, 5) is 25.8. The van der Waals surface area contributed by atoms with Crippen molar-refractivity contribution in [2.24, 2.45) is 5.41 Å². The minimum absolute atomic E-state index is 0.0488. The van der Waals surface area contributed by atoms with Crippen molar-refractivity contribution in [3.63, 3.8) is 0 Å². The van der Waals surface area contributed by atoms with Crippen LogP contribution < -0.4 is 5.32 Å². The Bertz CT molecular complexity index is 356. The Morgan fingerprint density at radius 3 is 2.50 bits per heavy atom. The van der Waals surface area contributed by atoms with Gasteiger partial charge in [-0.25, -0.2) is 0 Å². The monoisotopic (exact) mass is 282 g/mol. The number of carboxylic acid groups (broad SMARTS) is 1. The fraction of sp³-hybridized carbons (Fsp3) is 0.867. The first-order chi connectivity index (χ1) is 9.59. The first-order valence-electron chi connectivity index (χ1n) is 7.84. The third-order valence-electron chi connectivity index (χ3n) is 4.82. The molecular weight excluding hydrogens is 256 g/mol. The van der Waals surface area contributed by atoms with Gasteiger partial charge < -0.3 is 15.3 Å². The van der Waals surface area contributed by atoms with E-state index in [1.165, 1.54) is 0 Å². The summed E-state index contributed by atoms with van der Waals surface area (Å²) >= 11 is 0. The number of piperidine rings is 2. The normalized spacial score (nSPS) is 26.2. The maximum Gasteiger partial charge on any atom is 0.309 e. The van der Waals surface area contributed by atoms with E-state index in [9.17, 15) is 14.7 Å². The molecule has 0 spiro atoms. The molecule has 2 aliphatic rings. The van der Waals surface area contributed by atoms with Crippen molar-refractivity contribution < 1.29 is 14.7 Å². The zero-order valence-corrected chi connectivity index (χ0v) is 12.4. The SMILES string of the molecule is CCCC1(C(=O)O)CCN(C(=O)C2CCCCN2)CC1. The van der Waals surface area contributed by atoms with Gasteiger partial charge in [0.15, 0.2) is 0 Å². The lowest BCUT2D eigenvalue weighted by Gasteiger charge is -2.40. The lowest BCUT2D eigenvalue weighted by Crippen LogP contribution is -2.53. The molecule has 5 heteroatoms. The molecule has 0 aromatic carbocycles. The third-order valence-corrected chi connectivity index (χ3v) is 4.82. The van der Waals surface area contributed by atoms with Crippen LogP contribution in [0.5, 0.6) is 0 Å². The average Bonchev–Trinajstić information content (AvgIpc) is 2.48. The Hall–Kier alpha value is -1.10. The Kier molecular flexibility index (Phi) is 5.02. The summed E-state index contributed by atoms with van der Waals surface area (Å²) in [6.45, 7) is 4.11. The molecule has 0 radical (unpaired) electrons. The largest absolute Gasteiger partial charge is 0.481 e. The van der Waals surface area contributed by atoms with Gasteiger partial charge in [0.1, 0.15) is 0 Å².